The summed E-state index contributed by atoms with van der Waals surface area (Å²) in [5.74, 6) is 1.72. The van der Waals surface area contributed by atoms with E-state index >= 15 is 0 Å². The van der Waals surface area contributed by atoms with Crippen molar-refractivity contribution in [3.05, 3.63) is 11.1 Å². The van der Waals surface area contributed by atoms with Crippen LogP contribution in [-0.4, -0.2) is 26.1 Å². The van der Waals surface area contributed by atoms with Gasteiger partial charge in [0.05, 0.1) is 0 Å². The summed E-state index contributed by atoms with van der Waals surface area (Å²) in [7, 11) is 1.78. The van der Waals surface area contributed by atoms with Gasteiger partial charge in [0.2, 0.25) is 0 Å². The fourth-order valence-corrected chi connectivity index (χ4v) is 1.10. The predicted octanol–water partition coefficient (Wildman–Crippen LogP) is 2.09. The highest BCUT2D eigenvalue weighted by Crippen LogP contribution is 2.27. The molecule has 3 nitrogen and oxygen atoms in total. The second kappa shape index (κ2) is 7.50. The summed E-state index contributed by atoms with van der Waals surface area (Å²) < 4.78 is 0.932. The van der Waals surface area contributed by atoms with E-state index in [2.05, 4.69) is 38.1 Å². The molecule has 0 amide bonds. The average molecular weight is 374 g/mol. The Morgan fingerprint density at radius 1 is 1.50 bits per heavy atom. The van der Waals surface area contributed by atoms with Crippen molar-refractivity contribution < 1.29 is 0 Å². The lowest BCUT2D eigenvalue weighted by Crippen LogP contribution is -2.38. The minimum atomic E-state index is 0. The second-order valence-corrected chi connectivity index (χ2v) is 4.39. The van der Waals surface area contributed by atoms with Crippen LogP contribution < -0.4 is 10.6 Å². The quantitative estimate of drug-likeness (QED) is 0.449. The van der Waals surface area contributed by atoms with Crippen molar-refractivity contribution in [2.75, 3.05) is 20.1 Å². The van der Waals surface area contributed by atoms with Crippen LogP contribution in [-0.2, 0) is 0 Å². The summed E-state index contributed by atoms with van der Waals surface area (Å²) in [5, 5.41) is 6.41. The maximum atomic E-state index is 4.09. The molecular weight excluding hydrogens is 357 g/mol. The van der Waals surface area contributed by atoms with E-state index < -0.39 is 0 Å². The third-order valence-electron chi connectivity index (χ3n) is 1.93. The fourth-order valence-electron chi connectivity index (χ4n) is 0.963. The molecule has 0 saturated heterocycles. The number of hydrogen-bond donors (Lipinski definition) is 2. The van der Waals surface area contributed by atoms with Gasteiger partial charge in [-0.2, -0.15) is 0 Å². The molecule has 0 spiro atoms. The van der Waals surface area contributed by atoms with E-state index in [4.69, 9.17) is 0 Å². The first-order valence-electron chi connectivity index (χ1n) is 4.50. The summed E-state index contributed by atoms with van der Waals surface area (Å²) in [6, 6.07) is 0. The molecule has 0 radical (unpaired) electrons. The van der Waals surface area contributed by atoms with E-state index in [1.165, 1.54) is 12.8 Å². The molecule has 0 heterocycles. The normalized spacial score (nSPS) is 15.7. The molecule has 0 unspecified atom stereocenters. The van der Waals surface area contributed by atoms with Crippen LogP contribution in [0.25, 0.3) is 0 Å². The highest BCUT2D eigenvalue weighted by molar-refractivity contribution is 14.0. The first-order valence-corrected chi connectivity index (χ1v) is 5.29. The molecule has 0 aromatic heterocycles. The van der Waals surface area contributed by atoms with Crippen LogP contribution in [0.2, 0.25) is 0 Å². The van der Waals surface area contributed by atoms with Crippen molar-refractivity contribution in [1.82, 2.24) is 10.6 Å². The molecule has 14 heavy (non-hydrogen) atoms. The zero-order valence-electron chi connectivity index (χ0n) is 8.35. The van der Waals surface area contributed by atoms with Gasteiger partial charge in [0.15, 0.2) is 5.96 Å². The maximum Gasteiger partial charge on any atom is 0.191 e. The molecule has 0 aromatic carbocycles. The topological polar surface area (TPSA) is 36.4 Å². The Hall–Kier alpha value is 0.220. The largest absolute Gasteiger partial charge is 0.356 e. The molecule has 2 N–H and O–H groups in total. The Balaban J connectivity index is 0.00000169. The molecule has 82 valence electrons. The Bertz CT molecular complexity index is 214. The Morgan fingerprint density at radius 2 is 2.14 bits per heavy atom. The zero-order valence-corrected chi connectivity index (χ0v) is 12.3. The molecule has 1 fully saturated rings. The molecule has 0 aliphatic heterocycles. The van der Waals surface area contributed by atoms with Gasteiger partial charge < -0.3 is 10.6 Å². The van der Waals surface area contributed by atoms with E-state index in [0.29, 0.717) is 6.54 Å². The van der Waals surface area contributed by atoms with Crippen molar-refractivity contribution in [3.63, 3.8) is 0 Å². The molecule has 1 saturated carbocycles. The van der Waals surface area contributed by atoms with Gasteiger partial charge in [-0.25, -0.2) is 0 Å². The minimum Gasteiger partial charge on any atom is -0.356 e. The number of hydrogen-bond acceptors (Lipinski definition) is 1. The fraction of sp³-hybridized carbons (Fsp3) is 0.667. The first kappa shape index (κ1) is 14.2. The van der Waals surface area contributed by atoms with E-state index in [-0.39, 0.29) is 24.0 Å². The lowest BCUT2D eigenvalue weighted by Gasteiger charge is -2.10. The summed E-state index contributed by atoms with van der Waals surface area (Å²) in [5.41, 5.74) is 0. The van der Waals surface area contributed by atoms with Gasteiger partial charge in [-0.1, -0.05) is 22.5 Å². The number of guanidine groups is 1. The monoisotopic (exact) mass is 373 g/mol. The van der Waals surface area contributed by atoms with Crippen LogP contribution in [0.5, 0.6) is 0 Å². The molecular formula is C9H17BrIN3. The SMILES string of the molecule is C=C(Br)CNC(=NC)NCC1CC1.I. The molecule has 5 heteroatoms. The third-order valence-corrected chi connectivity index (χ3v) is 2.21. The van der Waals surface area contributed by atoms with Gasteiger partial charge in [0.1, 0.15) is 0 Å². The number of aliphatic imine (C=N–C) groups is 1. The van der Waals surface area contributed by atoms with Crippen LogP contribution in [0.15, 0.2) is 16.1 Å². The van der Waals surface area contributed by atoms with Crippen molar-refractivity contribution in [3.8, 4) is 0 Å². The maximum absolute atomic E-state index is 4.09. The zero-order chi connectivity index (χ0) is 9.68. The highest BCUT2D eigenvalue weighted by atomic mass is 127. The van der Waals surface area contributed by atoms with Gasteiger partial charge in [-0.05, 0) is 18.8 Å². The summed E-state index contributed by atoms with van der Waals surface area (Å²) in [6.07, 6.45) is 2.71. The van der Waals surface area contributed by atoms with Crippen LogP contribution in [0.1, 0.15) is 12.8 Å². The molecule has 1 rings (SSSR count). The van der Waals surface area contributed by atoms with Gasteiger partial charge in [-0.15, -0.1) is 24.0 Å². The number of rotatable bonds is 4. The Kier molecular flexibility index (Phi) is 7.62. The van der Waals surface area contributed by atoms with Crippen molar-refractivity contribution in [1.29, 1.82) is 0 Å². The third kappa shape index (κ3) is 6.64. The molecule has 1 aliphatic carbocycles. The number of halogens is 2. The van der Waals surface area contributed by atoms with Gasteiger partial charge in [0, 0.05) is 24.6 Å². The first-order chi connectivity index (χ1) is 6.22. The number of nitrogens with zero attached hydrogens (tertiary/aromatic N) is 1. The van der Waals surface area contributed by atoms with Gasteiger partial charge in [0.25, 0.3) is 0 Å². The van der Waals surface area contributed by atoms with Crippen LogP contribution >= 0.6 is 39.9 Å². The molecule has 0 bridgehead atoms. The molecule has 0 aromatic rings. The summed E-state index contributed by atoms with van der Waals surface area (Å²) >= 11 is 3.28. The Labute approximate surface area is 111 Å². The standard InChI is InChI=1S/C9H16BrN3.HI/c1-7(10)5-12-9(11-2)13-6-8-3-4-8;/h8H,1,3-6H2,2H3,(H2,11,12,13);1H. The lowest BCUT2D eigenvalue weighted by molar-refractivity contribution is 0.749. The van der Waals surface area contributed by atoms with Crippen molar-refractivity contribution >= 4 is 45.9 Å². The highest BCUT2D eigenvalue weighted by Gasteiger charge is 2.20. The van der Waals surface area contributed by atoms with Crippen molar-refractivity contribution in [2.45, 2.75) is 12.8 Å². The van der Waals surface area contributed by atoms with Crippen molar-refractivity contribution in [2.24, 2.45) is 10.9 Å². The van der Waals surface area contributed by atoms with E-state index in [9.17, 15) is 0 Å². The summed E-state index contributed by atoms with van der Waals surface area (Å²) in [4.78, 5) is 4.09. The van der Waals surface area contributed by atoms with E-state index in [0.717, 1.165) is 22.9 Å². The Morgan fingerprint density at radius 3 is 2.57 bits per heavy atom. The van der Waals surface area contributed by atoms with Crippen LogP contribution in [0.4, 0.5) is 0 Å². The van der Waals surface area contributed by atoms with Gasteiger partial charge >= 0.3 is 0 Å². The number of nitrogens with one attached hydrogen (secondary N) is 2. The smallest absolute Gasteiger partial charge is 0.191 e. The van der Waals surface area contributed by atoms with Crippen LogP contribution in [0.3, 0.4) is 0 Å². The van der Waals surface area contributed by atoms with Crippen LogP contribution in [0, 0.1) is 5.92 Å². The van der Waals surface area contributed by atoms with E-state index in [1.54, 1.807) is 7.05 Å². The van der Waals surface area contributed by atoms with Gasteiger partial charge in [-0.3, -0.25) is 4.99 Å². The minimum absolute atomic E-state index is 0. The lowest BCUT2D eigenvalue weighted by atomic mass is 10.4. The predicted molar refractivity (Wildman–Crippen MR) is 75.6 cm³/mol. The average Bonchev–Trinajstić information content (AvgIpc) is 2.88. The summed E-state index contributed by atoms with van der Waals surface area (Å²) in [6.45, 7) is 5.49. The molecule has 0 atom stereocenters. The van der Waals surface area contributed by atoms with E-state index in [1.807, 2.05) is 0 Å². The second-order valence-electron chi connectivity index (χ2n) is 3.27. The molecule has 1 aliphatic rings.